The largest absolute Gasteiger partial charge is 0.395 e. The van der Waals surface area contributed by atoms with Crippen LogP contribution in [0.5, 0.6) is 0 Å². The van der Waals surface area contributed by atoms with Gasteiger partial charge in [-0.2, -0.15) is 0 Å². The Morgan fingerprint density at radius 1 is 1.03 bits per heavy atom. The second-order valence-electron chi connectivity index (χ2n) is 8.51. The summed E-state index contributed by atoms with van der Waals surface area (Å²) in [6.45, 7) is 2.67. The lowest BCUT2D eigenvalue weighted by Gasteiger charge is -2.22. The molecule has 1 aliphatic rings. The number of unbranched alkanes of at least 4 members (excludes halogenated alkanes) is 10. The van der Waals surface area contributed by atoms with Gasteiger partial charge in [0.15, 0.2) is 5.78 Å². The maximum absolute atomic E-state index is 12.1. The molecule has 1 aromatic rings. The van der Waals surface area contributed by atoms with Gasteiger partial charge in [0.25, 0.3) is 0 Å². The summed E-state index contributed by atoms with van der Waals surface area (Å²) >= 11 is 0. The number of pyridine rings is 1. The molecule has 0 radical (unpaired) electrons. The van der Waals surface area contributed by atoms with Crippen LogP contribution in [0.25, 0.3) is 0 Å². The number of aromatic nitrogens is 1. The fourth-order valence-electron chi connectivity index (χ4n) is 4.38. The molecule has 164 valence electrons. The van der Waals surface area contributed by atoms with E-state index in [4.69, 9.17) is 5.73 Å². The molecule has 0 saturated carbocycles. The van der Waals surface area contributed by atoms with Gasteiger partial charge < -0.3 is 10.8 Å². The number of nitrogen functional groups attached to an aromatic ring is 1. The van der Waals surface area contributed by atoms with E-state index in [2.05, 4.69) is 9.88 Å². The zero-order chi connectivity index (χ0) is 20.7. The van der Waals surface area contributed by atoms with Crippen molar-refractivity contribution in [2.24, 2.45) is 0 Å². The predicted octanol–water partition coefficient (Wildman–Crippen LogP) is 4.98. The molecule has 0 amide bonds. The van der Waals surface area contributed by atoms with Crippen molar-refractivity contribution in [3.8, 4) is 0 Å². The molecule has 5 heteroatoms. The Kier molecular flexibility index (Phi) is 11.9. The fourth-order valence-corrected chi connectivity index (χ4v) is 4.38. The molecular formula is C24H41N3O2. The molecule has 1 aliphatic heterocycles. The van der Waals surface area contributed by atoms with Crippen LogP contribution in [0.15, 0.2) is 18.3 Å². The molecule has 0 spiro atoms. The summed E-state index contributed by atoms with van der Waals surface area (Å²) in [4.78, 5) is 18.6. The number of hydrogen-bond donors (Lipinski definition) is 2. The molecular weight excluding hydrogens is 362 g/mol. The van der Waals surface area contributed by atoms with Crippen LogP contribution in [-0.4, -0.2) is 46.5 Å². The second-order valence-corrected chi connectivity index (χ2v) is 8.51. The first-order valence-electron chi connectivity index (χ1n) is 11.8. The lowest BCUT2D eigenvalue weighted by molar-refractivity contribution is 0.0979. The van der Waals surface area contributed by atoms with Crippen LogP contribution in [-0.2, 0) is 0 Å². The lowest BCUT2D eigenvalue weighted by atomic mass is 10.0. The third-order valence-electron chi connectivity index (χ3n) is 6.20. The Bertz CT molecular complexity index is 579. The number of carbonyl (C=O) groups is 1. The smallest absolute Gasteiger partial charge is 0.166 e. The van der Waals surface area contributed by atoms with Gasteiger partial charge in [-0.3, -0.25) is 9.69 Å². The van der Waals surface area contributed by atoms with E-state index in [1.807, 2.05) is 0 Å². The number of nitrogens with two attached hydrogens (primary N) is 1. The molecule has 1 aromatic heterocycles. The van der Waals surface area contributed by atoms with Gasteiger partial charge in [-0.1, -0.05) is 57.8 Å². The molecule has 1 fully saturated rings. The Balaban J connectivity index is 1.34. The maximum atomic E-state index is 12.1. The summed E-state index contributed by atoms with van der Waals surface area (Å²) < 4.78 is 0. The Morgan fingerprint density at radius 2 is 1.66 bits per heavy atom. The molecule has 5 nitrogen and oxygen atoms in total. The van der Waals surface area contributed by atoms with Crippen LogP contribution in [0.4, 0.5) is 5.82 Å². The minimum atomic E-state index is 0.118. The van der Waals surface area contributed by atoms with Crippen molar-refractivity contribution in [2.45, 2.75) is 95.9 Å². The summed E-state index contributed by atoms with van der Waals surface area (Å²) in [5, 5.41) is 9.35. The van der Waals surface area contributed by atoms with E-state index in [0.29, 0.717) is 30.5 Å². The quantitative estimate of drug-likeness (QED) is 0.300. The highest BCUT2D eigenvalue weighted by atomic mass is 16.3. The van der Waals surface area contributed by atoms with Gasteiger partial charge in [0.1, 0.15) is 5.82 Å². The topological polar surface area (TPSA) is 79.5 Å². The molecule has 29 heavy (non-hydrogen) atoms. The van der Waals surface area contributed by atoms with E-state index in [1.165, 1.54) is 83.7 Å². The van der Waals surface area contributed by atoms with Gasteiger partial charge in [0.2, 0.25) is 0 Å². The standard InChI is InChI=1S/C24H41N3O2/c25-24-22(15-12-17-26-24)23(29)16-10-8-6-4-2-1-3-5-7-9-11-18-27-19-13-14-21(27)20-28/h12,15,17,21,28H,1-11,13-14,16,18-20H2,(H2,25,26). The Labute approximate surface area is 177 Å². The summed E-state index contributed by atoms with van der Waals surface area (Å²) in [5.41, 5.74) is 6.33. The molecule has 2 heterocycles. The number of Topliss-reactive ketones (excluding diaryl/α,β-unsaturated/α-hetero) is 1. The average Bonchev–Trinajstić information content (AvgIpc) is 3.19. The number of hydrogen-bond acceptors (Lipinski definition) is 5. The van der Waals surface area contributed by atoms with Gasteiger partial charge in [0.05, 0.1) is 12.2 Å². The normalized spacial score (nSPS) is 17.1. The second kappa shape index (κ2) is 14.5. The lowest BCUT2D eigenvalue weighted by Crippen LogP contribution is -2.32. The highest BCUT2D eigenvalue weighted by molar-refractivity contribution is 5.99. The number of nitrogens with zero attached hydrogens (tertiary/aromatic N) is 2. The number of likely N-dealkylation sites (tertiary alicyclic amines) is 1. The van der Waals surface area contributed by atoms with Crippen LogP contribution >= 0.6 is 0 Å². The Morgan fingerprint density at radius 3 is 2.28 bits per heavy atom. The van der Waals surface area contributed by atoms with Gasteiger partial charge in [-0.15, -0.1) is 0 Å². The van der Waals surface area contributed by atoms with Crippen molar-refractivity contribution >= 4 is 11.6 Å². The molecule has 1 atom stereocenters. The van der Waals surface area contributed by atoms with Crippen molar-refractivity contribution in [3.63, 3.8) is 0 Å². The van der Waals surface area contributed by atoms with Gasteiger partial charge in [0, 0.05) is 18.7 Å². The van der Waals surface area contributed by atoms with Gasteiger partial charge in [-0.25, -0.2) is 4.98 Å². The summed E-state index contributed by atoms with van der Waals surface area (Å²) in [5.74, 6) is 0.468. The van der Waals surface area contributed by atoms with E-state index < -0.39 is 0 Å². The molecule has 1 saturated heterocycles. The van der Waals surface area contributed by atoms with Crippen molar-refractivity contribution in [1.29, 1.82) is 0 Å². The zero-order valence-corrected chi connectivity index (χ0v) is 18.2. The number of aliphatic hydroxyl groups excluding tert-OH is 1. The number of aliphatic hydroxyl groups is 1. The average molecular weight is 404 g/mol. The highest BCUT2D eigenvalue weighted by Crippen LogP contribution is 2.18. The van der Waals surface area contributed by atoms with Crippen molar-refractivity contribution in [1.82, 2.24) is 9.88 Å². The highest BCUT2D eigenvalue weighted by Gasteiger charge is 2.22. The first kappa shape index (κ1) is 23.8. The number of rotatable bonds is 16. The van der Waals surface area contributed by atoms with E-state index in [-0.39, 0.29) is 5.78 Å². The number of anilines is 1. The summed E-state index contributed by atoms with van der Waals surface area (Å²) in [6, 6.07) is 3.97. The molecule has 0 aromatic carbocycles. The van der Waals surface area contributed by atoms with E-state index in [1.54, 1.807) is 18.3 Å². The SMILES string of the molecule is Nc1ncccc1C(=O)CCCCCCCCCCCCCN1CCCC1CO. The minimum absolute atomic E-state index is 0.118. The first-order chi connectivity index (χ1) is 14.2. The van der Waals surface area contributed by atoms with Crippen molar-refractivity contribution in [3.05, 3.63) is 23.9 Å². The van der Waals surface area contributed by atoms with Gasteiger partial charge in [-0.05, 0) is 50.9 Å². The van der Waals surface area contributed by atoms with Crippen LogP contribution in [0, 0.1) is 0 Å². The fraction of sp³-hybridized carbons (Fsp3) is 0.750. The molecule has 1 unspecified atom stereocenters. The van der Waals surface area contributed by atoms with Crippen LogP contribution in [0.1, 0.15) is 100 Å². The third-order valence-corrected chi connectivity index (χ3v) is 6.20. The summed E-state index contributed by atoms with van der Waals surface area (Å²) in [6.07, 6.45) is 18.5. The minimum Gasteiger partial charge on any atom is -0.395 e. The van der Waals surface area contributed by atoms with E-state index in [0.717, 1.165) is 12.8 Å². The van der Waals surface area contributed by atoms with E-state index in [9.17, 15) is 9.90 Å². The van der Waals surface area contributed by atoms with Crippen LogP contribution in [0.2, 0.25) is 0 Å². The maximum Gasteiger partial charge on any atom is 0.166 e. The zero-order valence-electron chi connectivity index (χ0n) is 18.2. The number of carbonyl (C=O) groups excluding carboxylic acids is 1. The monoisotopic (exact) mass is 403 g/mol. The predicted molar refractivity (Wildman–Crippen MR) is 120 cm³/mol. The number of ketones is 1. The van der Waals surface area contributed by atoms with Crippen LogP contribution in [0.3, 0.4) is 0 Å². The molecule has 0 aliphatic carbocycles. The van der Waals surface area contributed by atoms with Crippen molar-refractivity contribution < 1.29 is 9.90 Å². The van der Waals surface area contributed by atoms with Crippen molar-refractivity contribution in [2.75, 3.05) is 25.4 Å². The third kappa shape index (κ3) is 9.26. The van der Waals surface area contributed by atoms with Crippen LogP contribution < -0.4 is 5.73 Å². The summed E-state index contributed by atoms with van der Waals surface area (Å²) in [7, 11) is 0. The Hall–Kier alpha value is -1.46. The molecule has 2 rings (SSSR count). The van der Waals surface area contributed by atoms with Gasteiger partial charge >= 0.3 is 0 Å². The molecule has 0 bridgehead atoms. The first-order valence-corrected chi connectivity index (χ1v) is 11.8. The van der Waals surface area contributed by atoms with E-state index >= 15 is 0 Å². The molecule has 3 N–H and O–H groups in total.